The molecule has 2 saturated carbocycles. The van der Waals surface area contributed by atoms with Crippen LogP contribution < -0.4 is 10.2 Å². The summed E-state index contributed by atoms with van der Waals surface area (Å²) < 4.78 is 7.49. The zero-order valence-corrected chi connectivity index (χ0v) is 24.5. The number of carbonyl (C=O) groups excluding carboxylic acids is 3. The Balaban J connectivity index is 1.35. The van der Waals surface area contributed by atoms with Crippen LogP contribution in [0.4, 0.5) is 5.82 Å². The number of likely N-dealkylation sites (tertiary alicyclic amines) is 1. The fourth-order valence-corrected chi connectivity index (χ4v) is 7.56. The Morgan fingerprint density at radius 1 is 1.19 bits per heavy atom. The van der Waals surface area contributed by atoms with E-state index in [1.165, 1.54) is 6.20 Å². The minimum absolute atomic E-state index is 0.0293. The average Bonchev–Trinajstić information content (AvgIpc) is 3.90. The molecule has 7 rings (SSSR count). The van der Waals surface area contributed by atoms with E-state index in [1.54, 1.807) is 22.8 Å². The van der Waals surface area contributed by atoms with E-state index in [-0.39, 0.29) is 40.4 Å². The van der Waals surface area contributed by atoms with Gasteiger partial charge in [-0.15, -0.1) is 0 Å². The van der Waals surface area contributed by atoms with Gasteiger partial charge in [-0.3, -0.25) is 24.3 Å². The Kier molecular flexibility index (Phi) is 6.74. The Morgan fingerprint density at radius 3 is 2.62 bits per heavy atom. The van der Waals surface area contributed by atoms with Crippen molar-refractivity contribution in [1.29, 1.82) is 5.26 Å². The topological polar surface area (TPSA) is 133 Å². The van der Waals surface area contributed by atoms with Gasteiger partial charge in [-0.1, -0.05) is 11.6 Å². The lowest BCUT2D eigenvalue weighted by Crippen LogP contribution is -2.56. The maximum absolute atomic E-state index is 14.4. The molecule has 0 unspecified atom stereocenters. The van der Waals surface area contributed by atoms with Gasteiger partial charge >= 0.3 is 0 Å². The molecule has 11 nitrogen and oxygen atoms in total. The fraction of sp³-hybridized carbons (Fsp3) is 0.600. The molecule has 2 aromatic rings. The fourth-order valence-electron chi connectivity index (χ4n) is 7.27. The molecule has 1 N–H and O–H groups in total. The first-order valence-corrected chi connectivity index (χ1v) is 15.4. The highest BCUT2D eigenvalue weighted by Crippen LogP contribution is 2.53. The zero-order chi connectivity index (χ0) is 29.3. The minimum Gasteiger partial charge on any atom is -0.381 e. The first kappa shape index (κ1) is 27.3. The van der Waals surface area contributed by atoms with Gasteiger partial charge in [0, 0.05) is 49.2 Å². The summed E-state index contributed by atoms with van der Waals surface area (Å²) in [6.07, 6.45) is 6.22. The van der Waals surface area contributed by atoms with E-state index in [1.807, 2.05) is 11.6 Å². The Hall–Kier alpha value is -3.49. The van der Waals surface area contributed by atoms with Crippen LogP contribution in [-0.4, -0.2) is 75.3 Å². The standard InChI is InChI=1S/C30H34ClN7O4/c1-3-36-28-24(23(16-4-5-16)25(29(36)40)34-27(39)20-14-33-15(2)10-21(20)31)26(35-38(28)18-6-8-42-9-7-18)30(41)37-19(13-32)11-17-12-22(17)37/h10,14,16-19,22-23,25H,3-9,11-12H2,1-2H3,(H,34,39)/t17-,19-,22+,23-,25-/m0/s1. The van der Waals surface area contributed by atoms with Crippen LogP contribution in [0.25, 0.3) is 0 Å². The quantitative estimate of drug-likeness (QED) is 0.544. The maximum Gasteiger partial charge on any atom is 0.276 e. The van der Waals surface area contributed by atoms with Crippen molar-refractivity contribution < 1.29 is 19.1 Å². The number of hydrogen-bond acceptors (Lipinski definition) is 7. The molecular formula is C30H34ClN7O4. The van der Waals surface area contributed by atoms with Gasteiger partial charge in [-0.25, -0.2) is 4.68 Å². The van der Waals surface area contributed by atoms with Crippen LogP contribution in [0.15, 0.2) is 12.3 Å². The van der Waals surface area contributed by atoms with Gasteiger partial charge in [0.15, 0.2) is 5.69 Å². The molecule has 42 heavy (non-hydrogen) atoms. The van der Waals surface area contributed by atoms with Crippen molar-refractivity contribution in [3.63, 3.8) is 0 Å². The number of likely N-dealkylation sites (N-methyl/N-ethyl adjacent to an activating group) is 1. The smallest absolute Gasteiger partial charge is 0.276 e. The van der Waals surface area contributed by atoms with Crippen molar-refractivity contribution >= 4 is 35.1 Å². The Morgan fingerprint density at radius 2 is 1.95 bits per heavy atom. The Bertz CT molecular complexity index is 1510. The summed E-state index contributed by atoms with van der Waals surface area (Å²) in [5, 5.41) is 18.1. The Labute approximate surface area is 249 Å². The molecule has 4 fully saturated rings. The monoisotopic (exact) mass is 591 g/mol. The van der Waals surface area contributed by atoms with Crippen LogP contribution in [0.5, 0.6) is 0 Å². The van der Waals surface area contributed by atoms with Crippen LogP contribution in [0, 0.1) is 30.1 Å². The molecule has 0 aromatic carbocycles. The maximum atomic E-state index is 14.4. The first-order valence-electron chi connectivity index (χ1n) is 15.0. The van der Waals surface area contributed by atoms with Gasteiger partial charge < -0.3 is 15.0 Å². The number of nitrogens with zero attached hydrogens (tertiary/aromatic N) is 6. The number of ether oxygens (including phenoxy) is 1. The molecule has 2 aromatic heterocycles. The van der Waals surface area contributed by atoms with Gasteiger partial charge in [0.05, 0.1) is 22.7 Å². The summed E-state index contributed by atoms with van der Waals surface area (Å²) in [5.74, 6) is -0.262. The number of rotatable bonds is 6. The highest BCUT2D eigenvalue weighted by Gasteiger charge is 2.57. The van der Waals surface area contributed by atoms with E-state index in [0.717, 1.165) is 37.7 Å². The molecule has 2 saturated heterocycles. The van der Waals surface area contributed by atoms with Gasteiger partial charge in [-0.2, -0.15) is 10.4 Å². The summed E-state index contributed by atoms with van der Waals surface area (Å²) in [4.78, 5) is 49.8. The SMILES string of the molecule is CCN1C(=O)[C@@H](NC(=O)c2cnc(C)cc2Cl)[C@@H](C2CC2)c2c(C(=O)N3[C@H](C#N)C[C@H]4C[C@H]43)nn(C3CCOCC3)c21. The number of hydrogen-bond donors (Lipinski definition) is 1. The van der Waals surface area contributed by atoms with E-state index in [0.29, 0.717) is 49.3 Å². The largest absolute Gasteiger partial charge is 0.381 e. The predicted octanol–water partition coefficient (Wildman–Crippen LogP) is 3.38. The normalized spacial score (nSPS) is 28.7. The van der Waals surface area contributed by atoms with Crippen molar-refractivity contribution in [2.75, 3.05) is 24.7 Å². The van der Waals surface area contributed by atoms with Gasteiger partial charge in [0.1, 0.15) is 17.9 Å². The number of aryl methyl sites for hydroxylation is 1. The number of anilines is 1. The van der Waals surface area contributed by atoms with Crippen LogP contribution in [0.2, 0.25) is 5.02 Å². The molecule has 12 heteroatoms. The van der Waals surface area contributed by atoms with Crippen LogP contribution in [-0.2, 0) is 9.53 Å². The number of piperidine rings is 1. The zero-order valence-electron chi connectivity index (χ0n) is 23.8. The van der Waals surface area contributed by atoms with Gasteiger partial charge in [0.2, 0.25) is 0 Å². The molecule has 3 amide bonds. The summed E-state index contributed by atoms with van der Waals surface area (Å²) in [6.45, 7) is 5.18. The third-order valence-corrected chi connectivity index (χ3v) is 9.91. The lowest BCUT2D eigenvalue weighted by molar-refractivity contribution is -0.121. The summed E-state index contributed by atoms with van der Waals surface area (Å²) in [6, 6.07) is 2.60. The van der Waals surface area contributed by atoms with Crippen molar-refractivity contribution in [2.24, 2.45) is 11.8 Å². The van der Waals surface area contributed by atoms with Crippen molar-refractivity contribution in [3.05, 3.63) is 39.8 Å². The minimum atomic E-state index is -0.896. The lowest BCUT2D eigenvalue weighted by atomic mass is 9.82. The second kappa shape index (κ2) is 10.3. The van der Waals surface area contributed by atoms with E-state index >= 15 is 0 Å². The molecule has 0 radical (unpaired) electrons. The molecule has 5 heterocycles. The van der Waals surface area contributed by atoms with Crippen molar-refractivity contribution in [1.82, 2.24) is 25.0 Å². The third-order valence-electron chi connectivity index (χ3n) is 9.60. The second-order valence-corrected chi connectivity index (χ2v) is 12.6. The molecule has 2 aliphatic carbocycles. The van der Waals surface area contributed by atoms with Crippen LogP contribution in [0.1, 0.15) is 89.5 Å². The number of nitriles is 1. The molecular weight excluding hydrogens is 558 g/mol. The van der Waals surface area contributed by atoms with E-state index in [9.17, 15) is 19.6 Å². The number of fused-ring (bicyclic) bond motifs is 2. The van der Waals surface area contributed by atoms with Crippen molar-refractivity contribution in [2.45, 2.75) is 82.5 Å². The number of halogens is 1. The van der Waals surface area contributed by atoms with Gasteiger partial charge in [-0.05, 0) is 70.3 Å². The third kappa shape index (κ3) is 4.38. The van der Waals surface area contributed by atoms with Crippen LogP contribution in [0.3, 0.4) is 0 Å². The number of carbonyl (C=O) groups is 3. The van der Waals surface area contributed by atoms with E-state index < -0.39 is 23.9 Å². The summed E-state index contributed by atoms with van der Waals surface area (Å²) >= 11 is 6.40. The van der Waals surface area contributed by atoms with Crippen LogP contribution >= 0.6 is 11.6 Å². The predicted molar refractivity (Wildman–Crippen MR) is 152 cm³/mol. The molecule has 0 bridgehead atoms. The highest BCUT2D eigenvalue weighted by molar-refractivity contribution is 6.33. The molecule has 220 valence electrons. The molecule has 0 spiro atoms. The number of pyridine rings is 1. The van der Waals surface area contributed by atoms with Gasteiger partial charge in [0.25, 0.3) is 17.7 Å². The molecule has 5 aliphatic rings. The number of amides is 3. The summed E-state index contributed by atoms with van der Waals surface area (Å²) in [5.41, 5.74) is 1.90. The van der Waals surface area contributed by atoms with E-state index in [2.05, 4.69) is 16.4 Å². The second-order valence-electron chi connectivity index (χ2n) is 12.2. The van der Waals surface area contributed by atoms with Crippen molar-refractivity contribution in [3.8, 4) is 6.07 Å². The highest BCUT2D eigenvalue weighted by atomic mass is 35.5. The van der Waals surface area contributed by atoms with E-state index in [4.69, 9.17) is 21.4 Å². The number of aromatic nitrogens is 3. The molecule has 5 atom stereocenters. The summed E-state index contributed by atoms with van der Waals surface area (Å²) in [7, 11) is 0. The average molecular weight is 592 g/mol. The lowest BCUT2D eigenvalue weighted by Gasteiger charge is -2.39. The molecule has 3 aliphatic heterocycles. The number of nitrogens with one attached hydrogen (secondary N) is 1. The first-order chi connectivity index (χ1) is 20.3.